The molecule has 4 heteroatoms. The fourth-order valence-electron chi connectivity index (χ4n) is 2.12. The fourth-order valence-corrected chi connectivity index (χ4v) is 2.12. The maximum atomic E-state index is 10.1. The van der Waals surface area contributed by atoms with E-state index in [-0.39, 0.29) is 11.8 Å². The molecule has 118 valence electrons. The lowest BCUT2D eigenvalue weighted by molar-refractivity contribution is -0.0229. The molecule has 4 atom stereocenters. The van der Waals surface area contributed by atoms with Crippen molar-refractivity contribution in [2.24, 2.45) is 11.8 Å². The molecule has 0 amide bonds. The number of ether oxygens (including phenoxy) is 2. The topological polar surface area (TPSA) is 58.9 Å². The first kappa shape index (κ1) is 17.7. The van der Waals surface area contributed by atoms with E-state index in [2.05, 4.69) is 6.58 Å². The van der Waals surface area contributed by atoms with Crippen LogP contribution in [-0.2, 0) is 11.3 Å². The molecule has 1 aromatic rings. The Labute approximate surface area is 127 Å². The number of benzene rings is 1. The molecule has 1 aromatic carbocycles. The lowest BCUT2D eigenvalue weighted by Gasteiger charge is -2.27. The molecular weight excluding hydrogens is 268 g/mol. The van der Waals surface area contributed by atoms with Crippen molar-refractivity contribution in [3.8, 4) is 5.75 Å². The Hall–Kier alpha value is -1.36. The minimum absolute atomic E-state index is 0.0622. The fraction of sp³-hybridized carbons (Fsp3) is 0.529. The van der Waals surface area contributed by atoms with E-state index in [4.69, 9.17) is 9.47 Å². The SMILES string of the molecule is C=C[C@@H](O)[C@@H](C)[C@@H](O)[C@H](C)COCc1ccc(OC)cc1. The van der Waals surface area contributed by atoms with Gasteiger partial charge in [0.05, 0.1) is 32.5 Å². The lowest BCUT2D eigenvalue weighted by atomic mass is 9.90. The van der Waals surface area contributed by atoms with Gasteiger partial charge in [0.15, 0.2) is 0 Å². The lowest BCUT2D eigenvalue weighted by Crippen LogP contribution is -2.35. The molecule has 0 heterocycles. The van der Waals surface area contributed by atoms with Crippen molar-refractivity contribution in [3.63, 3.8) is 0 Å². The van der Waals surface area contributed by atoms with Crippen LogP contribution in [0.25, 0.3) is 0 Å². The monoisotopic (exact) mass is 294 g/mol. The molecule has 0 fully saturated rings. The zero-order valence-electron chi connectivity index (χ0n) is 13.0. The molecule has 21 heavy (non-hydrogen) atoms. The molecule has 0 unspecified atom stereocenters. The Morgan fingerprint density at radius 3 is 2.33 bits per heavy atom. The largest absolute Gasteiger partial charge is 0.497 e. The minimum Gasteiger partial charge on any atom is -0.497 e. The van der Waals surface area contributed by atoms with E-state index < -0.39 is 12.2 Å². The molecule has 2 N–H and O–H groups in total. The highest BCUT2D eigenvalue weighted by Crippen LogP contribution is 2.18. The van der Waals surface area contributed by atoms with Crippen molar-refractivity contribution in [2.75, 3.05) is 13.7 Å². The van der Waals surface area contributed by atoms with Gasteiger partial charge in [-0.25, -0.2) is 0 Å². The Kier molecular flexibility index (Phi) is 7.43. The first-order valence-corrected chi connectivity index (χ1v) is 7.19. The highest BCUT2D eigenvalue weighted by molar-refractivity contribution is 5.26. The van der Waals surface area contributed by atoms with E-state index in [1.54, 1.807) is 14.0 Å². The second-order valence-electron chi connectivity index (χ2n) is 5.42. The van der Waals surface area contributed by atoms with Crippen LogP contribution in [0.1, 0.15) is 19.4 Å². The molecule has 0 aliphatic heterocycles. The van der Waals surface area contributed by atoms with Crippen molar-refractivity contribution < 1.29 is 19.7 Å². The number of rotatable bonds is 9. The first-order valence-electron chi connectivity index (χ1n) is 7.19. The summed E-state index contributed by atoms with van der Waals surface area (Å²) in [6.07, 6.45) is 0.108. The molecule has 0 aromatic heterocycles. The van der Waals surface area contributed by atoms with E-state index in [9.17, 15) is 10.2 Å². The highest BCUT2D eigenvalue weighted by atomic mass is 16.5. The van der Waals surface area contributed by atoms with Gasteiger partial charge in [0.25, 0.3) is 0 Å². The molecule has 4 nitrogen and oxygen atoms in total. The van der Waals surface area contributed by atoms with Crippen LogP contribution in [0, 0.1) is 11.8 Å². The number of aliphatic hydroxyl groups excluding tert-OH is 2. The van der Waals surface area contributed by atoms with Crippen molar-refractivity contribution in [1.82, 2.24) is 0 Å². The third kappa shape index (κ3) is 5.50. The van der Waals surface area contributed by atoms with Crippen LogP contribution in [0.5, 0.6) is 5.75 Å². The zero-order valence-corrected chi connectivity index (χ0v) is 13.0. The smallest absolute Gasteiger partial charge is 0.118 e. The normalized spacial score (nSPS) is 16.8. The van der Waals surface area contributed by atoms with Crippen molar-refractivity contribution in [2.45, 2.75) is 32.7 Å². The first-order chi connectivity index (χ1) is 9.99. The van der Waals surface area contributed by atoms with Gasteiger partial charge in [0.2, 0.25) is 0 Å². The maximum absolute atomic E-state index is 10.1. The van der Waals surface area contributed by atoms with Gasteiger partial charge in [0.1, 0.15) is 5.75 Å². The molecule has 0 bridgehead atoms. The van der Waals surface area contributed by atoms with Gasteiger partial charge in [0, 0.05) is 11.8 Å². The Morgan fingerprint density at radius 1 is 1.19 bits per heavy atom. The molecule has 0 aliphatic carbocycles. The summed E-state index contributed by atoms with van der Waals surface area (Å²) in [4.78, 5) is 0. The minimum atomic E-state index is -0.705. The Morgan fingerprint density at radius 2 is 1.81 bits per heavy atom. The summed E-state index contributed by atoms with van der Waals surface area (Å²) in [6.45, 7) is 8.16. The predicted octanol–water partition coefficient (Wildman–Crippen LogP) is 2.39. The summed E-state index contributed by atoms with van der Waals surface area (Å²) in [5.74, 6) is 0.490. The summed E-state index contributed by atoms with van der Waals surface area (Å²) in [6, 6.07) is 7.67. The summed E-state index contributed by atoms with van der Waals surface area (Å²) < 4.78 is 10.7. The van der Waals surface area contributed by atoms with Crippen LogP contribution in [0.2, 0.25) is 0 Å². The quantitative estimate of drug-likeness (QED) is 0.687. The van der Waals surface area contributed by atoms with Gasteiger partial charge in [-0.1, -0.05) is 32.1 Å². The van der Waals surface area contributed by atoms with Crippen LogP contribution < -0.4 is 4.74 Å². The molecule has 1 rings (SSSR count). The van der Waals surface area contributed by atoms with E-state index in [0.29, 0.717) is 13.2 Å². The molecule has 0 radical (unpaired) electrons. The molecular formula is C17H26O4. The maximum Gasteiger partial charge on any atom is 0.118 e. The molecule has 0 saturated carbocycles. The Balaban J connectivity index is 2.38. The summed E-state index contributed by atoms with van der Waals surface area (Å²) >= 11 is 0. The molecule has 0 spiro atoms. The van der Waals surface area contributed by atoms with Crippen LogP contribution in [0.4, 0.5) is 0 Å². The second-order valence-corrected chi connectivity index (χ2v) is 5.42. The van der Waals surface area contributed by atoms with E-state index >= 15 is 0 Å². The van der Waals surface area contributed by atoms with E-state index in [0.717, 1.165) is 11.3 Å². The van der Waals surface area contributed by atoms with Crippen LogP contribution in [-0.4, -0.2) is 36.1 Å². The third-order valence-corrected chi connectivity index (χ3v) is 3.71. The van der Waals surface area contributed by atoms with Crippen molar-refractivity contribution in [1.29, 1.82) is 0 Å². The average Bonchev–Trinajstić information content (AvgIpc) is 2.53. The second kappa shape index (κ2) is 8.82. The molecule has 0 saturated heterocycles. The predicted molar refractivity (Wildman–Crippen MR) is 83.2 cm³/mol. The summed E-state index contributed by atoms with van der Waals surface area (Å²) in [7, 11) is 1.63. The van der Waals surface area contributed by atoms with Crippen molar-refractivity contribution in [3.05, 3.63) is 42.5 Å². The van der Waals surface area contributed by atoms with Gasteiger partial charge in [-0.05, 0) is 17.7 Å². The highest BCUT2D eigenvalue weighted by Gasteiger charge is 2.25. The average molecular weight is 294 g/mol. The van der Waals surface area contributed by atoms with Crippen LogP contribution in [0.15, 0.2) is 36.9 Å². The van der Waals surface area contributed by atoms with Gasteiger partial charge >= 0.3 is 0 Å². The van der Waals surface area contributed by atoms with Crippen LogP contribution in [0.3, 0.4) is 0 Å². The summed E-state index contributed by atoms with van der Waals surface area (Å²) in [5, 5.41) is 19.8. The number of methoxy groups -OCH3 is 1. The van der Waals surface area contributed by atoms with Gasteiger partial charge in [-0.2, -0.15) is 0 Å². The van der Waals surface area contributed by atoms with Crippen molar-refractivity contribution >= 4 is 0 Å². The zero-order chi connectivity index (χ0) is 15.8. The Bertz CT molecular complexity index is 415. The standard InChI is InChI=1S/C17H26O4/c1-5-16(18)13(3)17(19)12(2)10-21-11-14-6-8-15(20-4)9-7-14/h5-9,12-13,16-19H,1,10-11H2,2-4H3/t12-,13-,16-,17+/m1/s1. The number of hydrogen-bond acceptors (Lipinski definition) is 4. The number of aliphatic hydroxyl groups is 2. The van der Waals surface area contributed by atoms with Crippen LogP contribution >= 0.6 is 0 Å². The molecule has 0 aliphatic rings. The summed E-state index contributed by atoms with van der Waals surface area (Å²) in [5.41, 5.74) is 1.05. The third-order valence-electron chi connectivity index (χ3n) is 3.71. The van der Waals surface area contributed by atoms with E-state index in [1.807, 2.05) is 31.2 Å². The van der Waals surface area contributed by atoms with E-state index in [1.165, 1.54) is 6.08 Å². The van der Waals surface area contributed by atoms with Gasteiger partial charge in [-0.15, -0.1) is 6.58 Å². The number of hydrogen-bond donors (Lipinski definition) is 2. The van der Waals surface area contributed by atoms with Gasteiger partial charge < -0.3 is 19.7 Å². The van der Waals surface area contributed by atoms with Gasteiger partial charge in [-0.3, -0.25) is 0 Å².